The number of hydrogen-bond acceptors (Lipinski definition) is 4. The third-order valence-electron chi connectivity index (χ3n) is 4.96. The highest BCUT2D eigenvalue weighted by Crippen LogP contribution is 2.39. The molecule has 1 heterocycles. The van der Waals surface area contributed by atoms with Gasteiger partial charge in [-0.15, -0.1) is 11.3 Å². The zero-order chi connectivity index (χ0) is 20.5. The van der Waals surface area contributed by atoms with E-state index in [0.29, 0.717) is 16.1 Å². The van der Waals surface area contributed by atoms with E-state index < -0.39 is 0 Å². The van der Waals surface area contributed by atoms with Crippen LogP contribution in [0, 0.1) is 0 Å². The molecule has 1 amide bonds. The third kappa shape index (κ3) is 4.46. The largest absolute Gasteiger partial charge is 0.459 e. The van der Waals surface area contributed by atoms with E-state index >= 15 is 0 Å². The zero-order valence-electron chi connectivity index (χ0n) is 17.3. The van der Waals surface area contributed by atoms with E-state index in [4.69, 9.17) is 4.74 Å². The fourth-order valence-corrected chi connectivity index (χ4v) is 4.71. The number of benzene rings is 1. The van der Waals surface area contributed by atoms with Crippen molar-refractivity contribution in [2.24, 2.45) is 0 Å². The van der Waals surface area contributed by atoms with Crippen molar-refractivity contribution in [2.45, 2.75) is 71.8 Å². The van der Waals surface area contributed by atoms with Gasteiger partial charge in [0, 0.05) is 10.4 Å². The number of aryl methyl sites for hydroxylation is 1. The maximum atomic E-state index is 12.8. The van der Waals surface area contributed by atoms with E-state index in [9.17, 15) is 9.59 Å². The van der Waals surface area contributed by atoms with Crippen molar-refractivity contribution in [3.63, 3.8) is 0 Å². The molecule has 4 nitrogen and oxygen atoms in total. The summed E-state index contributed by atoms with van der Waals surface area (Å²) in [6.45, 7) is 10.1. The molecule has 1 aromatic heterocycles. The normalized spacial score (nSPS) is 13.9. The lowest BCUT2D eigenvalue weighted by Gasteiger charge is -2.19. The Labute approximate surface area is 171 Å². The van der Waals surface area contributed by atoms with Gasteiger partial charge in [-0.1, -0.05) is 32.9 Å². The summed E-state index contributed by atoms with van der Waals surface area (Å²) >= 11 is 1.51. The van der Waals surface area contributed by atoms with E-state index in [1.807, 2.05) is 38.1 Å². The van der Waals surface area contributed by atoms with Gasteiger partial charge < -0.3 is 10.1 Å². The molecule has 0 bridgehead atoms. The van der Waals surface area contributed by atoms with Gasteiger partial charge >= 0.3 is 5.97 Å². The van der Waals surface area contributed by atoms with Crippen molar-refractivity contribution in [3.05, 3.63) is 51.4 Å². The molecule has 0 atom stereocenters. The van der Waals surface area contributed by atoms with Crippen LogP contribution in [-0.2, 0) is 23.0 Å². The molecular formula is C23H29NO3S. The predicted octanol–water partition coefficient (Wildman–Crippen LogP) is 5.74. The van der Waals surface area contributed by atoms with Crippen molar-refractivity contribution in [1.29, 1.82) is 0 Å². The molecule has 0 radical (unpaired) electrons. The first-order valence-electron chi connectivity index (χ1n) is 9.94. The standard InChI is InChI=1S/C23H29NO3S/c1-14(2)27-22(26)19-17-8-6-7-9-18(17)28-21(19)24-20(25)15-10-12-16(13-11-15)23(3,4)5/h10-14H,6-9H2,1-5H3,(H,24,25). The molecule has 1 aliphatic rings. The molecule has 150 valence electrons. The predicted molar refractivity (Wildman–Crippen MR) is 115 cm³/mol. The molecule has 0 unspecified atom stereocenters. The summed E-state index contributed by atoms with van der Waals surface area (Å²) < 4.78 is 5.46. The van der Waals surface area contributed by atoms with E-state index in [2.05, 4.69) is 26.1 Å². The van der Waals surface area contributed by atoms with Crippen LogP contribution < -0.4 is 5.32 Å². The first-order chi connectivity index (χ1) is 13.2. The van der Waals surface area contributed by atoms with Gasteiger partial charge in [-0.2, -0.15) is 0 Å². The lowest BCUT2D eigenvalue weighted by atomic mass is 9.87. The van der Waals surface area contributed by atoms with E-state index in [0.717, 1.165) is 31.2 Å². The highest BCUT2D eigenvalue weighted by molar-refractivity contribution is 7.17. The fourth-order valence-electron chi connectivity index (χ4n) is 3.44. The molecule has 1 aliphatic carbocycles. The summed E-state index contributed by atoms with van der Waals surface area (Å²) in [7, 11) is 0. The van der Waals surface area contributed by atoms with Gasteiger partial charge in [0.15, 0.2) is 0 Å². The summed E-state index contributed by atoms with van der Waals surface area (Å²) in [5.41, 5.74) is 3.41. The van der Waals surface area contributed by atoms with Crippen molar-refractivity contribution < 1.29 is 14.3 Å². The van der Waals surface area contributed by atoms with Crippen LogP contribution >= 0.6 is 11.3 Å². The Kier molecular flexibility index (Phi) is 5.94. The molecule has 0 fully saturated rings. The van der Waals surface area contributed by atoms with Gasteiger partial charge in [-0.3, -0.25) is 4.79 Å². The molecule has 1 aromatic carbocycles. The summed E-state index contributed by atoms with van der Waals surface area (Å²) in [5, 5.41) is 3.59. The van der Waals surface area contributed by atoms with Gasteiger partial charge in [-0.25, -0.2) is 4.79 Å². The van der Waals surface area contributed by atoms with E-state index in [1.165, 1.54) is 21.8 Å². The van der Waals surface area contributed by atoms with Crippen LogP contribution in [0.3, 0.4) is 0 Å². The lowest BCUT2D eigenvalue weighted by Crippen LogP contribution is -2.18. The number of fused-ring (bicyclic) bond motifs is 1. The van der Waals surface area contributed by atoms with Gasteiger partial charge in [0.2, 0.25) is 0 Å². The number of thiophene rings is 1. The minimum atomic E-state index is -0.340. The fraction of sp³-hybridized carbons (Fsp3) is 0.478. The Morgan fingerprint density at radius 1 is 1.07 bits per heavy atom. The Balaban J connectivity index is 1.88. The van der Waals surface area contributed by atoms with Crippen molar-refractivity contribution in [2.75, 3.05) is 5.32 Å². The maximum absolute atomic E-state index is 12.8. The summed E-state index contributed by atoms with van der Waals surface area (Å²) in [4.78, 5) is 26.7. The van der Waals surface area contributed by atoms with Crippen LogP contribution in [-0.4, -0.2) is 18.0 Å². The van der Waals surface area contributed by atoms with Gasteiger partial charge in [-0.05, 0) is 68.2 Å². The smallest absolute Gasteiger partial charge is 0.341 e. The summed E-state index contributed by atoms with van der Waals surface area (Å²) in [5.74, 6) is -0.537. The average molecular weight is 400 g/mol. The van der Waals surface area contributed by atoms with E-state index in [-0.39, 0.29) is 23.4 Å². The lowest BCUT2D eigenvalue weighted by molar-refractivity contribution is 0.0378. The Hall–Kier alpha value is -2.14. The summed E-state index contributed by atoms with van der Waals surface area (Å²) in [6.07, 6.45) is 3.81. The molecule has 28 heavy (non-hydrogen) atoms. The number of nitrogens with one attached hydrogen (secondary N) is 1. The molecule has 1 N–H and O–H groups in total. The number of hydrogen-bond donors (Lipinski definition) is 1. The highest BCUT2D eigenvalue weighted by Gasteiger charge is 2.28. The molecule has 2 aromatic rings. The number of ether oxygens (including phenoxy) is 1. The van der Waals surface area contributed by atoms with Gasteiger partial charge in [0.05, 0.1) is 11.7 Å². The minimum absolute atomic E-state index is 0.0373. The SMILES string of the molecule is CC(C)OC(=O)c1c(NC(=O)c2ccc(C(C)(C)C)cc2)sc2c1CCCC2. The van der Waals surface area contributed by atoms with Crippen LogP contribution in [0.5, 0.6) is 0 Å². The first kappa shape index (κ1) is 20.6. The minimum Gasteiger partial charge on any atom is -0.459 e. The average Bonchev–Trinajstić information content (AvgIpc) is 2.98. The topological polar surface area (TPSA) is 55.4 Å². The number of esters is 1. The molecule has 0 aliphatic heterocycles. The Bertz CT molecular complexity index is 872. The molecule has 3 rings (SSSR count). The second-order valence-corrected chi connectivity index (χ2v) is 9.76. The number of carbonyl (C=O) groups excluding carboxylic acids is 2. The number of carbonyl (C=O) groups is 2. The van der Waals surface area contributed by atoms with Crippen molar-refractivity contribution in [3.8, 4) is 0 Å². The first-order valence-corrected chi connectivity index (χ1v) is 10.8. The molecule has 0 spiro atoms. The Morgan fingerprint density at radius 3 is 2.32 bits per heavy atom. The molecule has 0 saturated heterocycles. The van der Waals surface area contributed by atoms with Crippen LogP contribution in [0.4, 0.5) is 5.00 Å². The van der Waals surface area contributed by atoms with Crippen molar-refractivity contribution in [1.82, 2.24) is 0 Å². The second-order valence-electron chi connectivity index (χ2n) is 8.65. The van der Waals surface area contributed by atoms with Crippen molar-refractivity contribution >= 4 is 28.2 Å². The van der Waals surface area contributed by atoms with Gasteiger partial charge in [0.1, 0.15) is 5.00 Å². The molecular weight excluding hydrogens is 370 g/mol. The summed E-state index contributed by atoms with van der Waals surface area (Å²) in [6, 6.07) is 7.66. The number of rotatable bonds is 4. The third-order valence-corrected chi connectivity index (χ3v) is 6.17. The second kappa shape index (κ2) is 8.08. The molecule has 5 heteroatoms. The van der Waals surface area contributed by atoms with E-state index in [1.54, 1.807) is 0 Å². The number of anilines is 1. The zero-order valence-corrected chi connectivity index (χ0v) is 18.2. The van der Waals surface area contributed by atoms with Crippen LogP contribution in [0.15, 0.2) is 24.3 Å². The van der Waals surface area contributed by atoms with Crippen LogP contribution in [0.2, 0.25) is 0 Å². The quantitative estimate of drug-likeness (QED) is 0.667. The van der Waals surface area contributed by atoms with Crippen LogP contribution in [0.25, 0.3) is 0 Å². The van der Waals surface area contributed by atoms with Gasteiger partial charge in [0.25, 0.3) is 5.91 Å². The number of amides is 1. The monoisotopic (exact) mass is 399 g/mol. The highest BCUT2D eigenvalue weighted by atomic mass is 32.1. The molecule has 0 saturated carbocycles. The van der Waals surface area contributed by atoms with Crippen LogP contribution in [0.1, 0.15) is 84.2 Å². The Morgan fingerprint density at radius 2 is 1.71 bits per heavy atom. The maximum Gasteiger partial charge on any atom is 0.341 e.